The van der Waals surface area contributed by atoms with Gasteiger partial charge in [-0.2, -0.15) is 18.3 Å². The third-order valence-electron chi connectivity index (χ3n) is 4.56. The second kappa shape index (κ2) is 7.21. The van der Waals surface area contributed by atoms with Gasteiger partial charge in [0, 0.05) is 23.0 Å². The van der Waals surface area contributed by atoms with Gasteiger partial charge in [0.25, 0.3) is 5.91 Å². The van der Waals surface area contributed by atoms with E-state index >= 15 is 0 Å². The van der Waals surface area contributed by atoms with Crippen molar-refractivity contribution >= 4 is 33.5 Å². The third-order valence-corrected chi connectivity index (χ3v) is 5.09. The predicted molar refractivity (Wildman–Crippen MR) is 102 cm³/mol. The molecule has 3 heterocycles. The number of benzene rings is 1. The molecule has 7 nitrogen and oxygen atoms in total. The fourth-order valence-electron chi connectivity index (χ4n) is 3.20. The van der Waals surface area contributed by atoms with Crippen LogP contribution in [-0.2, 0) is 0 Å². The topological polar surface area (TPSA) is 85.0 Å². The second-order valence-electron chi connectivity index (χ2n) is 6.68. The summed E-state index contributed by atoms with van der Waals surface area (Å²) in [4.78, 5) is 12.4. The molecule has 0 fully saturated rings. The Labute approximate surface area is 171 Å². The van der Waals surface area contributed by atoms with E-state index in [9.17, 15) is 18.0 Å². The zero-order chi connectivity index (χ0) is 20.8. The molecular weight excluding hydrogens is 455 g/mol. The number of aryl methyl sites for hydroxylation is 1. The van der Waals surface area contributed by atoms with Crippen LogP contribution in [0.4, 0.5) is 24.8 Å². The molecule has 2 atom stereocenters. The molecule has 29 heavy (non-hydrogen) atoms. The standard InChI is InChI=1S/C18H15BrF3N5O2/c1-9-6-15(26-29-9)24-17(28)13-8-16-23-12(10-2-4-11(19)5-3-10)7-14(18(20,21)22)27(16)25-13/h2-6,8,12,14,23H,7H2,1H3,(H,24,26,28)/t12-,14+/m0/s1. The maximum absolute atomic E-state index is 13.7. The van der Waals surface area contributed by atoms with Gasteiger partial charge in [0.05, 0.1) is 6.04 Å². The summed E-state index contributed by atoms with van der Waals surface area (Å²) in [7, 11) is 0. The maximum atomic E-state index is 13.7. The normalized spacial score (nSPS) is 18.8. The minimum Gasteiger partial charge on any atom is -0.363 e. The molecule has 0 aliphatic carbocycles. The zero-order valence-electron chi connectivity index (χ0n) is 15.0. The fourth-order valence-corrected chi connectivity index (χ4v) is 3.47. The van der Waals surface area contributed by atoms with Crippen molar-refractivity contribution < 1.29 is 22.5 Å². The van der Waals surface area contributed by atoms with Crippen molar-refractivity contribution in [2.45, 2.75) is 31.6 Å². The molecule has 2 N–H and O–H groups in total. The average molecular weight is 470 g/mol. The van der Waals surface area contributed by atoms with Gasteiger partial charge in [0.2, 0.25) is 0 Å². The largest absolute Gasteiger partial charge is 0.410 e. The number of hydrogen-bond acceptors (Lipinski definition) is 5. The van der Waals surface area contributed by atoms with Gasteiger partial charge in [-0.25, -0.2) is 4.68 Å². The third kappa shape index (κ3) is 4.00. The van der Waals surface area contributed by atoms with Crippen LogP contribution in [0.15, 0.2) is 45.4 Å². The van der Waals surface area contributed by atoms with E-state index in [0.29, 0.717) is 11.3 Å². The highest BCUT2D eigenvalue weighted by atomic mass is 79.9. The first-order valence-electron chi connectivity index (χ1n) is 8.63. The van der Waals surface area contributed by atoms with Crippen LogP contribution in [0.5, 0.6) is 0 Å². The van der Waals surface area contributed by atoms with E-state index in [1.54, 1.807) is 31.2 Å². The van der Waals surface area contributed by atoms with E-state index in [1.165, 1.54) is 12.1 Å². The molecule has 0 saturated carbocycles. The summed E-state index contributed by atoms with van der Waals surface area (Å²) >= 11 is 3.32. The van der Waals surface area contributed by atoms with Crippen LogP contribution in [0.2, 0.25) is 0 Å². The SMILES string of the molecule is Cc1cc(NC(=O)c2cc3n(n2)[C@@H](C(F)(F)F)C[C@@H](c2ccc(Br)cc2)N3)no1. The van der Waals surface area contributed by atoms with E-state index in [0.717, 1.165) is 9.15 Å². The minimum absolute atomic E-state index is 0.118. The number of carbonyl (C=O) groups is 1. The van der Waals surface area contributed by atoms with Crippen molar-refractivity contribution in [2.24, 2.45) is 0 Å². The first-order valence-corrected chi connectivity index (χ1v) is 9.43. The lowest BCUT2D eigenvalue weighted by Gasteiger charge is -2.33. The number of amides is 1. The number of anilines is 2. The lowest BCUT2D eigenvalue weighted by molar-refractivity contribution is -0.173. The van der Waals surface area contributed by atoms with Crippen molar-refractivity contribution in [1.82, 2.24) is 14.9 Å². The lowest BCUT2D eigenvalue weighted by atomic mass is 9.97. The smallest absolute Gasteiger partial charge is 0.363 e. The number of carbonyl (C=O) groups excluding carboxylic acids is 1. The average Bonchev–Trinajstić information content (AvgIpc) is 3.26. The number of fused-ring (bicyclic) bond motifs is 1. The van der Waals surface area contributed by atoms with Gasteiger partial charge in [-0.15, -0.1) is 0 Å². The number of rotatable bonds is 3. The quantitative estimate of drug-likeness (QED) is 0.572. The highest BCUT2D eigenvalue weighted by molar-refractivity contribution is 9.10. The molecule has 11 heteroatoms. The number of aromatic nitrogens is 3. The summed E-state index contributed by atoms with van der Waals surface area (Å²) in [5.74, 6) is 0.0863. The van der Waals surface area contributed by atoms with E-state index in [1.807, 2.05) is 0 Å². The molecule has 0 bridgehead atoms. The summed E-state index contributed by atoms with van der Waals surface area (Å²) in [5, 5.41) is 13.0. The molecule has 0 unspecified atom stereocenters. The summed E-state index contributed by atoms with van der Waals surface area (Å²) < 4.78 is 47.7. The van der Waals surface area contributed by atoms with Crippen LogP contribution in [-0.4, -0.2) is 27.0 Å². The van der Waals surface area contributed by atoms with E-state index in [2.05, 4.69) is 36.8 Å². The van der Waals surface area contributed by atoms with E-state index in [-0.39, 0.29) is 23.8 Å². The fraction of sp³-hybridized carbons (Fsp3) is 0.278. The Kier molecular flexibility index (Phi) is 4.85. The van der Waals surface area contributed by atoms with Gasteiger partial charge in [-0.1, -0.05) is 33.2 Å². The Morgan fingerprint density at radius 1 is 1.31 bits per heavy atom. The Hall–Kier alpha value is -2.82. The molecule has 1 aliphatic rings. The van der Waals surface area contributed by atoms with E-state index in [4.69, 9.17) is 4.52 Å². The van der Waals surface area contributed by atoms with Gasteiger partial charge in [-0.3, -0.25) is 4.79 Å². The molecule has 1 aliphatic heterocycles. The first-order chi connectivity index (χ1) is 13.7. The Morgan fingerprint density at radius 2 is 2.03 bits per heavy atom. The highest BCUT2D eigenvalue weighted by Crippen LogP contribution is 2.43. The lowest BCUT2D eigenvalue weighted by Crippen LogP contribution is -2.35. The van der Waals surface area contributed by atoms with Crippen LogP contribution in [0.25, 0.3) is 0 Å². The maximum Gasteiger partial charge on any atom is 0.410 e. The predicted octanol–water partition coefficient (Wildman–Crippen LogP) is 4.85. The van der Waals surface area contributed by atoms with Crippen LogP contribution in [0.1, 0.15) is 40.3 Å². The van der Waals surface area contributed by atoms with Crippen molar-refractivity contribution in [3.63, 3.8) is 0 Å². The highest BCUT2D eigenvalue weighted by Gasteiger charge is 2.46. The minimum atomic E-state index is -4.52. The van der Waals surface area contributed by atoms with Crippen molar-refractivity contribution in [1.29, 1.82) is 0 Å². The van der Waals surface area contributed by atoms with Gasteiger partial charge >= 0.3 is 6.18 Å². The van der Waals surface area contributed by atoms with Crippen LogP contribution < -0.4 is 10.6 Å². The van der Waals surface area contributed by atoms with Crippen molar-refractivity contribution in [2.75, 3.05) is 10.6 Å². The van der Waals surface area contributed by atoms with Crippen molar-refractivity contribution in [3.8, 4) is 0 Å². The number of halogens is 4. The molecule has 0 spiro atoms. The molecule has 152 valence electrons. The summed E-state index contributed by atoms with van der Waals surface area (Å²) in [6.07, 6.45) is -4.77. The molecule has 1 amide bonds. The Balaban J connectivity index is 1.64. The second-order valence-corrected chi connectivity index (χ2v) is 7.59. The summed E-state index contributed by atoms with van der Waals surface area (Å²) in [6.45, 7) is 1.65. The molecule has 0 radical (unpaired) electrons. The van der Waals surface area contributed by atoms with Crippen LogP contribution in [0, 0.1) is 6.92 Å². The molecule has 2 aromatic heterocycles. The molecule has 4 rings (SSSR count). The molecular formula is C18H15BrF3N5O2. The van der Waals surface area contributed by atoms with Gasteiger partial charge in [0.15, 0.2) is 17.6 Å². The van der Waals surface area contributed by atoms with Crippen molar-refractivity contribution in [3.05, 3.63) is 57.9 Å². The van der Waals surface area contributed by atoms with Crippen LogP contribution >= 0.6 is 15.9 Å². The first kappa shape index (κ1) is 19.5. The Morgan fingerprint density at radius 3 is 2.66 bits per heavy atom. The number of hydrogen-bond donors (Lipinski definition) is 2. The van der Waals surface area contributed by atoms with Gasteiger partial charge in [0.1, 0.15) is 11.6 Å². The Bertz CT molecular complexity index is 1040. The number of nitrogens with zero attached hydrogens (tertiary/aromatic N) is 3. The summed E-state index contributed by atoms with van der Waals surface area (Å²) in [6, 6.07) is 7.40. The van der Waals surface area contributed by atoms with Gasteiger partial charge < -0.3 is 15.2 Å². The molecule has 1 aromatic carbocycles. The molecule has 0 saturated heterocycles. The monoisotopic (exact) mass is 469 g/mol. The summed E-state index contributed by atoms with van der Waals surface area (Å²) in [5.41, 5.74) is 0.554. The number of alkyl halides is 3. The number of nitrogens with one attached hydrogen (secondary N) is 2. The van der Waals surface area contributed by atoms with E-state index < -0.39 is 24.2 Å². The van der Waals surface area contributed by atoms with Gasteiger partial charge in [-0.05, 0) is 24.6 Å². The van der Waals surface area contributed by atoms with Crippen LogP contribution in [0.3, 0.4) is 0 Å². The molecule has 3 aromatic rings. The zero-order valence-corrected chi connectivity index (χ0v) is 16.6.